The molecule has 0 spiro atoms. The van der Waals surface area contributed by atoms with Crippen molar-refractivity contribution in [3.05, 3.63) is 42.0 Å². The Morgan fingerprint density at radius 2 is 1.95 bits per heavy atom. The first-order valence-electron chi connectivity index (χ1n) is 6.91. The quantitative estimate of drug-likeness (QED) is 0.921. The zero-order valence-electron chi connectivity index (χ0n) is 11.9. The number of hydrogen-bond acceptors (Lipinski definition) is 3. The van der Waals surface area contributed by atoms with Crippen LogP contribution in [-0.4, -0.2) is 20.8 Å². The Balaban J connectivity index is 2.09. The molecule has 0 bridgehead atoms. The highest BCUT2D eigenvalue weighted by Gasteiger charge is 2.14. The average molecular weight is 269 g/mol. The molecule has 3 rings (SSSR count). The third-order valence-corrected chi connectivity index (χ3v) is 3.76. The van der Waals surface area contributed by atoms with Crippen LogP contribution in [0.4, 0.5) is 5.69 Å². The number of anilines is 1. The number of nitrogens with one attached hydrogen (secondary N) is 1. The number of hydrogen-bond donors (Lipinski definition) is 1. The minimum absolute atomic E-state index is 0.760. The monoisotopic (exact) mass is 269 g/mol. The third kappa shape index (κ3) is 2.20. The van der Waals surface area contributed by atoms with Crippen molar-refractivity contribution >= 4 is 5.69 Å². The lowest BCUT2D eigenvalue weighted by atomic mass is 9.97. The first-order valence-corrected chi connectivity index (χ1v) is 6.91. The molecule has 0 atom stereocenters. The van der Waals surface area contributed by atoms with Crippen molar-refractivity contribution in [1.29, 1.82) is 0 Å². The van der Waals surface area contributed by atoms with Gasteiger partial charge in [-0.2, -0.15) is 0 Å². The maximum Gasteiger partial charge on any atom is 0.168 e. The van der Waals surface area contributed by atoms with Crippen LogP contribution in [0.3, 0.4) is 0 Å². The second-order valence-electron chi connectivity index (χ2n) is 4.94. The lowest BCUT2D eigenvalue weighted by Gasteiger charge is -2.19. The number of para-hydroxylation sites is 1. The molecule has 1 aliphatic rings. The van der Waals surface area contributed by atoms with E-state index in [9.17, 15) is 0 Å². The fraction of sp³-hybridized carbons (Fsp3) is 0.294. The Hall–Kier alpha value is -2.16. The molecule has 3 heteroatoms. The standard InChI is InChI=1S/C17H19NO2/c1-19-16-7-3-6-14(17(16)20-2)13-9-8-12-5-4-10-18-15(12)11-13/h3,6-9,11,18H,4-5,10H2,1-2H3. The third-order valence-electron chi connectivity index (χ3n) is 3.76. The Morgan fingerprint density at radius 3 is 2.75 bits per heavy atom. The van der Waals surface area contributed by atoms with E-state index in [1.54, 1.807) is 14.2 Å². The lowest BCUT2D eigenvalue weighted by molar-refractivity contribution is 0.356. The van der Waals surface area contributed by atoms with E-state index in [0.29, 0.717) is 0 Å². The fourth-order valence-electron chi connectivity index (χ4n) is 2.74. The SMILES string of the molecule is COc1cccc(-c2ccc3c(c2)NCCC3)c1OC. The minimum Gasteiger partial charge on any atom is -0.493 e. The normalized spacial score (nSPS) is 13.3. The number of rotatable bonds is 3. The molecule has 104 valence electrons. The molecule has 2 aromatic carbocycles. The molecule has 1 heterocycles. The molecule has 2 aromatic rings. The van der Waals surface area contributed by atoms with Gasteiger partial charge in [0.15, 0.2) is 11.5 Å². The summed E-state index contributed by atoms with van der Waals surface area (Å²) in [6, 6.07) is 12.5. The summed E-state index contributed by atoms with van der Waals surface area (Å²) in [7, 11) is 3.34. The van der Waals surface area contributed by atoms with Gasteiger partial charge in [-0.3, -0.25) is 0 Å². The molecule has 0 aromatic heterocycles. The van der Waals surface area contributed by atoms with Crippen molar-refractivity contribution in [2.24, 2.45) is 0 Å². The Bertz CT molecular complexity index is 622. The van der Waals surface area contributed by atoms with E-state index in [1.807, 2.05) is 12.1 Å². The van der Waals surface area contributed by atoms with Crippen LogP contribution in [-0.2, 0) is 6.42 Å². The summed E-state index contributed by atoms with van der Waals surface area (Å²) in [5.41, 5.74) is 4.83. The van der Waals surface area contributed by atoms with Gasteiger partial charge in [0.05, 0.1) is 14.2 Å². The predicted octanol–water partition coefficient (Wildman–Crippen LogP) is 3.73. The van der Waals surface area contributed by atoms with Gasteiger partial charge in [-0.05, 0) is 36.1 Å². The van der Waals surface area contributed by atoms with Crippen molar-refractivity contribution in [3.8, 4) is 22.6 Å². The molecule has 1 aliphatic heterocycles. The molecule has 0 amide bonds. The van der Waals surface area contributed by atoms with Crippen LogP contribution in [0.1, 0.15) is 12.0 Å². The maximum absolute atomic E-state index is 5.52. The number of methoxy groups -OCH3 is 2. The molecule has 0 fully saturated rings. The second-order valence-corrected chi connectivity index (χ2v) is 4.94. The van der Waals surface area contributed by atoms with Crippen molar-refractivity contribution in [3.63, 3.8) is 0 Å². The molecule has 0 aliphatic carbocycles. The van der Waals surface area contributed by atoms with E-state index in [1.165, 1.54) is 17.7 Å². The molecule has 0 saturated carbocycles. The summed E-state index contributed by atoms with van der Waals surface area (Å²) in [4.78, 5) is 0. The fourth-order valence-corrected chi connectivity index (χ4v) is 2.74. The summed E-state index contributed by atoms with van der Waals surface area (Å²) in [6.45, 7) is 1.05. The van der Waals surface area contributed by atoms with E-state index in [0.717, 1.165) is 35.6 Å². The number of fused-ring (bicyclic) bond motifs is 1. The minimum atomic E-state index is 0.760. The number of ether oxygens (including phenoxy) is 2. The van der Waals surface area contributed by atoms with Crippen LogP contribution in [0.2, 0.25) is 0 Å². The van der Waals surface area contributed by atoms with Gasteiger partial charge in [0.1, 0.15) is 0 Å². The van der Waals surface area contributed by atoms with E-state index in [-0.39, 0.29) is 0 Å². The maximum atomic E-state index is 5.52. The Morgan fingerprint density at radius 1 is 1.05 bits per heavy atom. The molecule has 1 N–H and O–H groups in total. The van der Waals surface area contributed by atoms with E-state index in [2.05, 4.69) is 29.6 Å². The molecular formula is C17H19NO2. The average Bonchev–Trinajstić information content (AvgIpc) is 2.53. The van der Waals surface area contributed by atoms with Crippen LogP contribution >= 0.6 is 0 Å². The summed E-state index contributed by atoms with van der Waals surface area (Å²) in [5, 5.41) is 3.47. The molecular weight excluding hydrogens is 250 g/mol. The Kier molecular flexibility index (Phi) is 3.50. The van der Waals surface area contributed by atoms with Crippen LogP contribution < -0.4 is 14.8 Å². The van der Waals surface area contributed by atoms with E-state index < -0.39 is 0 Å². The summed E-state index contributed by atoms with van der Waals surface area (Å²) in [6.07, 6.45) is 2.35. The van der Waals surface area contributed by atoms with E-state index >= 15 is 0 Å². The van der Waals surface area contributed by atoms with Gasteiger partial charge in [-0.1, -0.05) is 24.3 Å². The zero-order valence-corrected chi connectivity index (χ0v) is 11.9. The van der Waals surface area contributed by atoms with Crippen LogP contribution in [0.25, 0.3) is 11.1 Å². The van der Waals surface area contributed by atoms with Crippen LogP contribution in [0.15, 0.2) is 36.4 Å². The van der Waals surface area contributed by atoms with Gasteiger partial charge in [0.2, 0.25) is 0 Å². The largest absolute Gasteiger partial charge is 0.493 e. The summed E-state index contributed by atoms with van der Waals surface area (Å²) >= 11 is 0. The molecule has 0 unspecified atom stereocenters. The van der Waals surface area contributed by atoms with Crippen LogP contribution in [0, 0.1) is 0 Å². The van der Waals surface area contributed by atoms with E-state index in [4.69, 9.17) is 9.47 Å². The molecule has 20 heavy (non-hydrogen) atoms. The summed E-state index contributed by atoms with van der Waals surface area (Å²) in [5.74, 6) is 1.54. The smallest absolute Gasteiger partial charge is 0.168 e. The Labute approximate surface area is 119 Å². The predicted molar refractivity (Wildman–Crippen MR) is 81.8 cm³/mol. The van der Waals surface area contributed by atoms with Crippen molar-refractivity contribution in [1.82, 2.24) is 0 Å². The van der Waals surface area contributed by atoms with Gasteiger partial charge in [0, 0.05) is 17.8 Å². The van der Waals surface area contributed by atoms with Gasteiger partial charge in [0.25, 0.3) is 0 Å². The number of aryl methyl sites for hydroxylation is 1. The highest BCUT2D eigenvalue weighted by Crippen LogP contribution is 2.39. The van der Waals surface area contributed by atoms with Gasteiger partial charge in [-0.25, -0.2) is 0 Å². The van der Waals surface area contributed by atoms with Gasteiger partial charge in [-0.15, -0.1) is 0 Å². The van der Waals surface area contributed by atoms with Gasteiger partial charge < -0.3 is 14.8 Å². The first-order chi connectivity index (χ1) is 9.83. The zero-order chi connectivity index (χ0) is 13.9. The first kappa shape index (κ1) is 12.9. The topological polar surface area (TPSA) is 30.5 Å². The molecule has 0 saturated heterocycles. The lowest BCUT2D eigenvalue weighted by Crippen LogP contribution is -2.11. The summed E-state index contributed by atoms with van der Waals surface area (Å²) < 4.78 is 10.9. The van der Waals surface area contributed by atoms with Gasteiger partial charge >= 0.3 is 0 Å². The van der Waals surface area contributed by atoms with Crippen molar-refractivity contribution in [2.75, 3.05) is 26.1 Å². The van der Waals surface area contributed by atoms with Crippen LogP contribution in [0.5, 0.6) is 11.5 Å². The van der Waals surface area contributed by atoms with Crippen molar-refractivity contribution < 1.29 is 9.47 Å². The number of benzene rings is 2. The highest BCUT2D eigenvalue weighted by atomic mass is 16.5. The van der Waals surface area contributed by atoms with Crippen molar-refractivity contribution in [2.45, 2.75) is 12.8 Å². The second kappa shape index (κ2) is 5.45. The molecule has 3 nitrogen and oxygen atoms in total. The highest BCUT2D eigenvalue weighted by molar-refractivity contribution is 5.77. The molecule has 0 radical (unpaired) electrons.